The molecule has 1 aromatic rings. The first kappa shape index (κ1) is 16.5. The van der Waals surface area contributed by atoms with E-state index in [2.05, 4.69) is 20.8 Å². The lowest BCUT2D eigenvalue weighted by Crippen LogP contribution is -2.65. The minimum Gasteiger partial charge on any atom is -0.373 e. The Kier molecular flexibility index (Phi) is 4.47. The highest BCUT2D eigenvalue weighted by atomic mass is 16.5. The van der Waals surface area contributed by atoms with Crippen molar-refractivity contribution in [2.75, 3.05) is 6.54 Å². The normalized spacial score (nSPS) is 28.4. The predicted octanol–water partition coefficient (Wildman–Crippen LogP) is 3.01. The Balaban J connectivity index is 1.61. The summed E-state index contributed by atoms with van der Waals surface area (Å²) in [5.41, 5.74) is 0.953. The Hall–Kier alpha value is -1.39. The largest absolute Gasteiger partial charge is 0.373 e. The number of fused-ring (bicyclic) bond motifs is 1. The maximum absolute atomic E-state index is 12.4. The van der Waals surface area contributed by atoms with Crippen LogP contribution in [0, 0.1) is 5.92 Å². The van der Waals surface area contributed by atoms with E-state index in [9.17, 15) is 4.79 Å². The number of amides is 1. The van der Waals surface area contributed by atoms with Crippen molar-refractivity contribution in [3.05, 3.63) is 35.9 Å². The Morgan fingerprint density at radius 2 is 1.96 bits per heavy atom. The SMILES string of the molecule is C[C@H](OCc1ccccc1)[C@H]1C(=O)N2CC[C@H](OC(C)(C)C)[C@@H]12. The van der Waals surface area contributed by atoms with Gasteiger partial charge in [-0.2, -0.15) is 0 Å². The lowest BCUT2D eigenvalue weighted by molar-refractivity contribution is -0.176. The average Bonchev–Trinajstić information content (AvgIpc) is 2.83. The highest BCUT2D eigenvalue weighted by molar-refractivity contribution is 5.87. The molecule has 0 saturated carbocycles. The number of hydrogen-bond acceptors (Lipinski definition) is 3. The van der Waals surface area contributed by atoms with Crippen LogP contribution < -0.4 is 0 Å². The molecule has 2 fully saturated rings. The van der Waals surface area contributed by atoms with Gasteiger partial charge in [0.05, 0.1) is 36.4 Å². The smallest absolute Gasteiger partial charge is 0.230 e. The minimum absolute atomic E-state index is 0.0754. The second-order valence-corrected chi connectivity index (χ2v) is 7.61. The molecule has 4 atom stereocenters. The second-order valence-electron chi connectivity index (χ2n) is 7.61. The molecule has 0 radical (unpaired) electrons. The van der Waals surface area contributed by atoms with E-state index in [4.69, 9.17) is 9.47 Å². The van der Waals surface area contributed by atoms with Crippen LogP contribution in [-0.4, -0.2) is 41.2 Å². The van der Waals surface area contributed by atoms with Gasteiger partial charge >= 0.3 is 0 Å². The molecule has 1 amide bonds. The van der Waals surface area contributed by atoms with Crippen molar-refractivity contribution in [3.8, 4) is 0 Å². The molecule has 2 saturated heterocycles. The molecule has 0 aromatic heterocycles. The van der Waals surface area contributed by atoms with Crippen LogP contribution in [0.2, 0.25) is 0 Å². The monoisotopic (exact) mass is 317 g/mol. The third-order valence-corrected chi connectivity index (χ3v) is 4.70. The number of carbonyl (C=O) groups excluding carboxylic acids is 1. The molecule has 1 aromatic carbocycles. The van der Waals surface area contributed by atoms with Gasteiger partial charge in [0, 0.05) is 6.54 Å². The summed E-state index contributed by atoms with van der Waals surface area (Å²) in [4.78, 5) is 14.4. The highest BCUT2D eigenvalue weighted by Crippen LogP contribution is 2.41. The fourth-order valence-electron chi connectivity index (χ4n) is 3.69. The summed E-state index contributed by atoms with van der Waals surface area (Å²) < 4.78 is 12.2. The van der Waals surface area contributed by atoms with Gasteiger partial charge < -0.3 is 14.4 Å². The molecule has 4 heteroatoms. The predicted molar refractivity (Wildman–Crippen MR) is 88.9 cm³/mol. The Morgan fingerprint density at radius 3 is 2.61 bits per heavy atom. The standard InChI is InChI=1S/C19H27NO3/c1-13(22-12-14-8-6-5-7-9-14)16-17-15(23-19(2,3)4)10-11-20(17)18(16)21/h5-9,13,15-17H,10-12H2,1-4H3/t13-,15-,16+,17-/m0/s1. The molecule has 3 rings (SSSR count). The van der Waals surface area contributed by atoms with E-state index in [0.717, 1.165) is 18.5 Å². The molecule has 0 N–H and O–H groups in total. The summed E-state index contributed by atoms with van der Waals surface area (Å²) in [6.07, 6.45) is 0.962. The zero-order valence-corrected chi connectivity index (χ0v) is 14.5. The first-order valence-corrected chi connectivity index (χ1v) is 8.50. The van der Waals surface area contributed by atoms with Gasteiger partial charge in [-0.05, 0) is 39.7 Å². The van der Waals surface area contributed by atoms with Gasteiger partial charge in [0.1, 0.15) is 0 Å². The number of nitrogens with zero attached hydrogens (tertiary/aromatic N) is 1. The summed E-state index contributed by atoms with van der Waals surface area (Å²) in [6, 6.07) is 10.3. The summed E-state index contributed by atoms with van der Waals surface area (Å²) >= 11 is 0. The maximum Gasteiger partial charge on any atom is 0.230 e. The van der Waals surface area contributed by atoms with Crippen LogP contribution in [0.4, 0.5) is 0 Å². The van der Waals surface area contributed by atoms with Crippen molar-refractivity contribution in [1.29, 1.82) is 0 Å². The zero-order chi connectivity index (χ0) is 16.6. The Labute approximate surface area is 138 Å². The third kappa shape index (κ3) is 3.43. The number of carbonyl (C=O) groups is 1. The highest BCUT2D eigenvalue weighted by Gasteiger charge is 2.57. The van der Waals surface area contributed by atoms with E-state index >= 15 is 0 Å². The summed E-state index contributed by atoms with van der Waals surface area (Å²) in [5.74, 6) is 0.143. The molecule has 0 unspecified atom stereocenters. The topological polar surface area (TPSA) is 38.8 Å². The summed E-state index contributed by atoms with van der Waals surface area (Å²) in [7, 11) is 0. The van der Waals surface area contributed by atoms with Crippen LogP contribution >= 0.6 is 0 Å². The molecule has 2 aliphatic heterocycles. The molecule has 126 valence electrons. The van der Waals surface area contributed by atoms with Crippen LogP contribution in [0.5, 0.6) is 0 Å². The van der Waals surface area contributed by atoms with Crippen LogP contribution in [0.15, 0.2) is 30.3 Å². The van der Waals surface area contributed by atoms with E-state index in [1.807, 2.05) is 42.2 Å². The first-order chi connectivity index (χ1) is 10.9. The number of benzene rings is 1. The van der Waals surface area contributed by atoms with Crippen LogP contribution in [0.25, 0.3) is 0 Å². The molecule has 23 heavy (non-hydrogen) atoms. The van der Waals surface area contributed by atoms with Crippen LogP contribution in [0.3, 0.4) is 0 Å². The Morgan fingerprint density at radius 1 is 1.26 bits per heavy atom. The van der Waals surface area contributed by atoms with Crippen molar-refractivity contribution in [1.82, 2.24) is 4.90 Å². The van der Waals surface area contributed by atoms with Crippen LogP contribution in [0.1, 0.15) is 39.7 Å². The van der Waals surface area contributed by atoms with Crippen molar-refractivity contribution in [2.45, 2.75) is 64.6 Å². The molecule has 0 bridgehead atoms. The molecule has 0 aliphatic carbocycles. The van der Waals surface area contributed by atoms with Crippen LogP contribution in [-0.2, 0) is 20.9 Å². The molecule has 0 spiro atoms. The molecular formula is C19H27NO3. The third-order valence-electron chi connectivity index (χ3n) is 4.70. The van der Waals surface area contributed by atoms with E-state index in [1.54, 1.807) is 0 Å². The van der Waals surface area contributed by atoms with Gasteiger partial charge in [-0.1, -0.05) is 30.3 Å². The zero-order valence-electron chi connectivity index (χ0n) is 14.5. The van der Waals surface area contributed by atoms with Crippen molar-refractivity contribution in [2.24, 2.45) is 5.92 Å². The van der Waals surface area contributed by atoms with E-state index in [0.29, 0.717) is 6.61 Å². The van der Waals surface area contributed by atoms with Crippen molar-refractivity contribution < 1.29 is 14.3 Å². The average molecular weight is 317 g/mol. The first-order valence-electron chi connectivity index (χ1n) is 8.50. The molecule has 4 nitrogen and oxygen atoms in total. The number of β-lactam (4-membered cyclic amide) rings is 1. The summed E-state index contributed by atoms with van der Waals surface area (Å²) in [6.45, 7) is 9.58. The van der Waals surface area contributed by atoms with E-state index < -0.39 is 0 Å². The van der Waals surface area contributed by atoms with Gasteiger partial charge in [0.25, 0.3) is 0 Å². The van der Waals surface area contributed by atoms with Gasteiger partial charge in [-0.25, -0.2) is 0 Å². The molecular weight excluding hydrogens is 290 g/mol. The van der Waals surface area contributed by atoms with Crippen molar-refractivity contribution in [3.63, 3.8) is 0 Å². The lowest BCUT2D eigenvalue weighted by Gasteiger charge is -2.47. The fraction of sp³-hybridized carbons (Fsp3) is 0.632. The minimum atomic E-state index is -0.183. The lowest BCUT2D eigenvalue weighted by atomic mass is 9.82. The molecule has 2 aliphatic rings. The number of ether oxygens (including phenoxy) is 2. The van der Waals surface area contributed by atoms with Gasteiger partial charge in [-0.15, -0.1) is 0 Å². The second kappa shape index (κ2) is 6.25. The van der Waals surface area contributed by atoms with Gasteiger partial charge in [0.2, 0.25) is 5.91 Å². The number of hydrogen-bond donors (Lipinski definition) is 0. The van der Waals surface area contributed by atoms with E-state index in [1.165, 1.54) is 0 Å². The Bertz CT molecular complexity index is 551. The number of rotatable bonds is 5. The van der Waals surface area contributed by atoms with E-state index in [-0.39, 0.29) is 35.7 Å². The van der Waals surface area contributed by atoms with Gasteiger partial charge in [0.15, 0.2) is 0 Å². The van der Waals surface area contributed by atoms with Gasteiger partial charge in [-0.3, -0.25) is 4.79 Å². The quantitative estimate of drug-likeness (QED) is 0.784. The fourth-order valence-corrected chi connectivity index (χ4v) is 3.69. The maximum atomic E-state index is 12.4. The summed E-state index contributed by atoms with van der Waals surface area (Å²) in [5, 5.41) is 0. The van der Waals surface area contributed by atoms with Crippen molar-refractivity contribution >= 4 is 5.91 Å². The molecule has 2 heterocycles.